The molecule has 0 fully saturated rings. The first-order valence-corrected chi connectivity index (χ1v) is 7.03. The standard InChI is InChI=1S/C14H15F3N2S/c1-9-8-20-13(19-9)7-12(18-2)10-4-3-5-11(6-10)14(15,16)17/h3-6,8,12,18H,7H2,1-2H3. The molecular formula is C14H15F3N2S. The lowest BCUT2D eigenvalue weighted by atomic mass is 10.0. The van der Waals surface area contributed by atoms with Crippen molar-refractivity contribution in [3.8, 4) is 0 Å². The highest BCUT2D eigenvalue weighted by Crippen LogP contribution is 2.31. The van der Waals surface area contributed by atoms with Crippen LogP contribution in [-0.2, 0) is 12.6 Å². The molecule has 6 heteroatoms. The average molecular weight is 300 g/mol. The molecule has 0 bridgehead atoms. The van der Waals surface area contributed by atoms with Crippen LogP contribution in [0, 0.1) is 6.92 Å². The van der Waals surface area contributed by atoms with Crippen LogP contribution in [0.4, 0.5) is 13.2 Å². The number of halogens is 3. The largest absolute Gasteiger partial charge is 0.416 e. The first-order valence-electron chi connectivity index (χ1n) is 6.15. The van der Waals surface area contributed by atoms with Gasteiger partial charge in [-0.25, -0.2) is 4.98 Å². The molecule has 0 saturated heterocycles. The molecule has 0 aliphatic carbocycles. The first kappa shape index (κ1) is 15.0. The quantitative estimate of drug-likeness (QED) is 0.924. The second kappa shape index (κ2) is 5.93. The Balaban J connectivity index is 2.23. The summed E-state index contributed by atoms with van der Waals surface area (Å²) in [6, 6.07) is 5.25. The van der Waals surface area contributed by atoms with Gasteiger partial charge in [-0.1, -0.05) is 12.1 Å². The molecule has 1 aromatic heterocycles. The Morgan fingerprint density at radius 2 is 2.10 bits per heavy atom. The summed E-state index contributed by atoms with van der Waals surface area (Å²) in [5.74, 6) is 0. The minimum atomic E-state index is -4.31. The predicted octanol–water partition coefficient (Wildman–Crippen LogP) is 3.97. The van der Waals surface area contributed by atoms with E-state index in [1.807, 2.05) is 12.3 Å². The average Bonchev–Trinajstić information content (AvgIpc) is 2.81. The van der Waals surface area contributed by atoms with E-state index < -0.39 is 11.7 Å². The van der Waals surface area contributed by atoms with Crippen LogP contribution in [-0.4, -0.2) is 12.0 Å². The molecule has 0 amide bonds. The van der Waals surface area contributed by atoms with E-state index >= 15 is 0 Å². The Morgan fingerprint density at radius 3 is 2.65 bits per heavy atom. The number of nitrogens with one attached hydrogen (secondary N) is 1. The lowest BCUT2D eigenvalue weighted by Crippen LogP contribution is -2.19. The third-order valence-corrected chi connectivity index (χ3v) is 4.00. The van der Waals surface area contributed by atoms with Crippen molar-refractivity contribution in [2.75, 3.05) is 7.05 Å². The van der Waals surface area contributed by atoms with Gasteiger partial charge >= 0.3 is 6.18 Å². The number of rotatable bonds is 4. The molecule has 0 saturated carbocycles. The second-order valence-electron chi connectivity index (χ2n) is 4.55. The highest BCUT2D eigenvalue weighted by Gasteiger charge is 2.30. The Bertz CT molecular complexity index is 578. The van der Waals surface area contributed by atoms with Gasteiger partial charge in [-0.15, -0.1) is 11.3 Å². The van der Waals surface area contributed by atoms with Gasteiger partial charge in [0.05, 0.1) is 10.6 Å². The molecule has 2 rings (SSSR count). The molecule has 1 unspecified atom stereocenters. The third kappa shape index (κ3) is 3.58. The fraction of sp³-hybridized carbons (Fsp3) is 0.357. The normalized spacial score (nSPS) is 13.4. The summed E-state index contributed by atoms with van der Waals surface area (Å²) in [6.07, 6.45) is -3.73. The van der Waals surface area contributed by atoms with E-state index in [2.05, 4.69) is 10.3 Å². The van der Waals surface area contributed by atoms with E-state index in [9.17, 15) is 13.2 Å². The molecule has 1 heterocycles. The summed E-state index contributed by atoms with van der Waals surface area (Å²) in [7, 11) is 1.74. The fourth-order valence-corrected chi connectivity index (χ4v) is 2.81. The number of alkyl halides is 3. The van der Waals surface area contributed by atoms with Gasteiger partial charge in [-0.2, -0.15) is 13.2 Å². The van der Waals surface area contributed by atoms with Gasteiger partial charge in [-0.05, 0) is 31.7 Å². The van der Waals surface area contributed by atoms with Crippen LogP contribution in [0.1, 0.15) is 27.9 Å². The van der Waals surface area contributed by atoms with E-state index in [1.54, 1.807) is 13.1 Å². The van der Waals surface area contributed by atoms with Gasteiger partial charge in [0.1, 0.15) is 0 Å². The van der Waals surface area contributed by atoms with Crippen LogP contribution in [0.2, 0.25) is 0 Å². The molecule has 1 aromatic carbocycles. The van der Waals surface area contributed by atoms with Crippen molar-refractivity contribution in [3.63, 3.8) is 0 Å². The summed E-state index contributed by atoms with van der Waals surface area (Å²) in [5.41, 5.74) is 0.935. The summed E-state index contributed by atoms with van der Waals surface area (Å²) in [5, 5.41) is 5.91. The Kier molecular flexibility index (Phi) is 4.45. The Hall–Kier alpha value is -1.40. The molecule has 0 aliphatic heterocycles. The number of thiazole rings is 1. The number of aryl methyl sites for hydroxylation is 1. The minimum absolute atomic E-state index is 0.178. The maximum absolute atomic E-state index is 12.7. The van der Waals surface area contributed by atoms with E-state index in [0.717, 1.165) is 16.8 Å². The van der Waals surface area contributed by atoms with Crippen molar-refractivity contribution in [2.24, 2.45) is 0 Å². The molecule has 1 N–H and O–H groups in total. The van der Waals surface area contributed by atoms with Gasteiger partial charge in [0.2, 0.25) is 0 Å². The first-order chi connectivity index (χ1) is 9.40. The maximum atomic E-state index is 12.7. The molecule has 0 spiro atoms. The second-order valence-corrected chi connectivity index (χ2v) is 5.49. The van der Waals surface area contributed by atoms with Crippen LogP contribution < -0.4 is 5.32 Å². The molecular weight excluding hydrogens is 285 g/mol. The number of benzene rings is 1. The number of aromatic nitrogens is 1. The zero-order valence-electron chi connectivity index (χ0n) is 11.2. The summed E-state index contributed by atoms with van der Waals surface area (Å²) in [4.78, 5) is 4.35. The van der Waals surface area contributed by atoms with Gasteiger partial charge in [0, 0.05) is 23.5 Å². The van der Waals surface area contributed by atoms with Crippen molar-refractivity contribution >= 4 is 11.3 Å². The molecule has 0 aliphatic rings. The lowest BCUT2D eigenvalue weighted by Gasteiger charge is -2.17. The van der Waals surface area contributed by atoms with Crippen LogP contribution in [0.15, 0.2) is 29.6 Å². The van der Waals surface area contributed by atoms with Crippen LogP contribution >= 0.6 is 11.3 Å². The zero-order chi connectivity index (χ0) is 14.8. The highest BCUT2D eigenvalue weighted by molar-refractivity contribution is 7.09. The summed E-state index contributed by atoms with van der Waals surface area (Å²) >= 11 is 1.52. The van der Waals surface area contributed by atoms with Crippen molar-refractivity contribution in [1.82, 2.24) is 10.3 Å². The maximum Gasteiger partial charge on any atom is 0.416 e. The Labute approximate surface area is 119 Å². The van der Waals surface area contributed by atoms with Gasteiger partial charge in [-0.3, -0.25) is 0 Å². The summed E-state index contributed by atoms with van der Waals surface area (Å²) in [6.45, 7) is 1.90. The monoisotopic (exact) mass is 300 g/mol. The molecule has 0 radical (unpaired) electrons. The Morgan fingerprint density at radius 1 is 1.35 bits per heavy atom. The van der Waals surface area contributed by atoms with Crippen molar-refractivity contribution in [2.45, 2.75) is 25.6 Å². The minimum Gasteiger partial charge on any atom is -0.313 e. The van der Waals surface area contributed by atoms with Gasteiger partial charge < -0.3 is 5.32 Å². The highest BCUT2D eigenvalue weighted by atomic mass is 32.1. The predicted molar refractivity (Wildman–Crippen MR) is 73.8 cm³/mol. The van der Waals surface area contributed by atoms with E-state index in [4.69, 9.17) is 0 Å². The van der Waals surface area contributed by atoms with Crippen molar-refractivity contribution in [1.29, 1.82) is 0 Å². The fourth-order valence-electron chi connectivity index (χ4n) is 1.99. The van der Waals surface area contributed by atoms with Crippen LogP contribution in [0.5, 0.6) is 0 Å². The molecule has 2 aromatic rings. The molecule has 20 heavy (non-hydrogen) atoms. The molecule has 2 nitrogen and oxygen atoms in total. The van der Waals surface area contributed by atoms with E-state index in [0.29, 0.717) is 12.0 Å². The number of likely N-dealkylation sites (N-methyl/N-ethyl adjacent to an activating group) is 1. The van der Waals surface area contributed by atoms with Crippen molar-refractivity contribution in [3.05, 3.63) is 51.5 Å². The molecule has 1 atom stereocenters. The van der Waals surface area contributed by atoms with Crippen molar-refractivity contribution < 1.29 is 13.2 Å². The summed E-state index contributed by atoms with van der Waals surface area (Å²) < 4.78 is 38.2. The smallest absolute Gasteiger partial charge is 0.313 e. The van der Waals surface area contributed by atoms with Gasteiger partial charge in [0.25, 0.3) is 0 Å². The van der Waals surface area contributed by atoms with E-state index in [-0.39, 0.29) is 6.04 Å². The number of hydrogen-bond acceptors (Lipinski definition) is 3. The van der Waals surface area contributed by atoms with Crippen LogP contribution in [0.3, 0.4) is 0 Å². The molecule has 108 valence electrons. The van der Waals surface area contributed by atoms with E-state index in [1.165, 1.54) is 23.5 Å². The zero-order valence-corrected chi connectivity index (χ0v) is 12.0. The third-order valence-electron chi connectivity index (χ3n) is 3.01. The number of nitrogens with zero attached hydrogens (tertiary/aromatic N) is 1. The SMILES string of the molecule is CNC(Cc1nc(C)cs1)c1cccc(C(F)(F)F)c1. The number of hydrogen-bond donors (Lipinski definition) is 1. The topological polar surface area (TPSA) is 24.9 Å². The lowest BCUT2D eigenvalue weighted by molar-refractivity contribution is -0.137. The van der Waals surface area contributed by atoms with Crippen LogP contribution in [0.25, 0.3) is 0 Å². The van der Waals surface area contributed by atoms with Gasteiger partial charge in [0.15, 0.2) is 0 Å².